The lowest BCUT2D eigenvalue weighted by Crippen LogP contribution is -2.22. The van der Waals surface area contributed by atoms with Crippen molar-refractivity contribution in [2.24, 2.45) is 0 Å². The van der Waals surface area contributed by atoms with E-state index in [1.807, 2.05) is 0 Å². The van der Waals surface area contributed by atoms with E-state index in [1.165, 1.54) is 0 Å². The number of aromatic nitrogens is 2. The first-order chi connectivity index (χ1) is 5.81. The molecule has 0 fully saturated rings. The fraction of sp³-hybridized carbons (Fsp3) is 0.625. The molecule has 68 valence electrons. The number of H-pyrrole nitrogens is 1. The van der Waals surface area contributed by atoms with Crippen LogP contribution in [-0.4, -0.2) is 28.2 Å². The molecule has 1 rings (SSSR count). The van der Waals surface area contributed by atoms with Crippen LogP contribution in [0.2, 0.25) is 0 Å². The average Bonchev–Trinajstić information content (AvgIpc) is 2.55. The predicted molar refractivity (Wildman–Crippen MR) is 48.1 cm³/mol. The molecule has 0 amide bonds. The molecule has 4 heteroatoms. The Morgan fingerprint density at radius 3 is 2.58 bits per heavy atom. The summed E-state index contributed by atoms with van der Waals surface area (Å²) < 4.78 is 0. The van der Waals surface area contributed by atoms with Crippen molar-refractivity contribution in [3.63, 3.8) is 0 Å². The second kappa shape index (κ2) is 4.11. The normalized spacial score (nSPS) is 10.2. The standard InChI is InChI=1S/C8H15N3O/c1-3-11(4-2)8-9-5-7(6-12)10-8/h5,12H,3-4,6H2,1-2H3,(H,9,10). The van der Waals surface area contributed by atoms with E-state index in [4.69, 9.17) is 5.11 Å². The van der Waals surface area contributed by atoms with Crippen LogP contribution < -0.4 is 4.90 Å². The van der Waals surface area contributed by atoms with E-state index in [0.717, 1.165) is 24.7 Å². The van der Waals surface area contributed by atoms with Gasteiger partial charge in [0.25, 0.3) is 0 Å². The molecule has 0 aromatic carbocycles. The lowest BCUT2D eigenvalue weighted by Gasteiger charge is -2.16. The van der Waals surface area contributed by atoms with Crippen LogP contribution in [0.3, 0.4) is 0 Å². The van der Waals surface area contributed by atoms with Gasteiger partial charge in [-0.15, -0.1) is 0 Å². The number of anilines is 1. The first kappa shape index (κ1) is 9.06. The van der Waals surface area contributed by atoms with E-state index in [0.29, 0.717) is 0 Å². The number of aliphatic hydroxyl groups excluding tert-OH is 1. The van der Waals surface area contributed by atoms with Gasteiger partial charge in [0.15, 0.2) is 0 Å². The van der Waals surface area contributed by atoms with Crippen molar-refractivity contribution in [3.8, 4) is 0 Å². The van der Waals surface area contributed by atoms with Crippen molar-refractivity contribution >= 4 is 5.95 Å². The van der Waals surface area contributed by atoms with Crippen molar-refractivity contribution in [3.05, 3.63) is 11.9 Å². The number of hydrogen-bond donors (Lipinski definition) is 2. The summed E-state index contributed by atoms with van der Waals surface area (Å²) in [5, 5.41) is 8.79. The summed E-state index contributed by atoms with van der Waals surface area (Å²) in [5.41, 5.74) is 0.761. The molecular formula is C8H15N3O. The highest BCUT2D eigenvalue weighted by Gasteiger charge is 2.04. The first-order valence-electron chi connectivity index (χ1n) is 4.21. The summed E-state index contributed by atoms with van der Waals surface area (Å²) in [6.07, 6.45) is 1.66. The minimum absolute atomic E-state index is 0.0221. The third-order valence-electron chi connectivity index (χ3n) is 1.85. The van der Waals surface area contributed by atoms with Crippen LogP contribution in [0.15, 0.2) is 6.20 Å². The van der Waals surface area contributed by atoms with E-state index in [-0.39, 0.29) is 6.61 Å². The van der Waals surface area contributed by atoms with Crippen molar-refractivity contribution in [1.82, 2.24) is 9.97 Å². The fourth-order valence-electron chi connectivity index (χ4n) is 1.11. The van der Waals surface area contributed by atoms with Crippen LogP contribution >= 0.6 is 0 Å². The summed E-state index contributed by atoms with van der Waals surface area (Å²) >= 11 is 0. The second-order valence-corrected chi connectivity index (χ2v) is 2.56. The summed E-state index contributed by atoms with van der Waals surface area (Å²) in [4.78, 5) is 9.27. The first-order valence-corrected chi connectivity index (χ1v) is 4.21. The SMILES string of the molecule is CCN(CC)c1ncc(CO)[nH]1. The quantitative estimate of drug-likeness (QED) is 0.699. The summed E-state index contributed by atoms with van der Waals surface area (Å²) in [7, 11) is 0. The number of imidazole rings is 1. The molecule has 1 aromatic rings. The molecule has 0 spiro atoms. The zero-order valence-electron chi connectivity index (χ0n) is 7.54. The molecule has 0 bridgehead atoms. The van der Waals surface area contributed by atoms with Crippen molar-refractivity contribution in [1.29, 1.82) is 0 Å². The lowest BCUT2D eigenvalue weighted by molar-refractivity contribution is 0.277. The van der Waals surface area contributed by atoms with Crippen molar-refractivity contribution in [2.75, 3.05) is 18.0 Å². The zero-order valence-corrected chi connectivity index (χ0v) is 7.54. The van der Waals surface area contributed by atoms with E-state index in [2.05, 4.69) is 28.7 Å². The summed E-state index contributed by atoms with van der Waals surface area (Å²) in [6.45, 7) is 6.02. The molecule has 0 aliphatic heterocycles. The molecule has 0 aliphatic carbocycles. The molecule has 0 atom stereocenters. The maximum atomic E-state index is 8.79. The van der Waals surface area contributed by atoms with Gasteiger partial charge in [-0.1, -0.05) is 0 Å². The average molecular weight is 169 g/mol. The maximum absolute atomic E-state index is 8.79. The number of nitrogens with one attached hydrogen (secondary N) is 1. The largest absolute Gasteiger partial charge is 0.390 e. The number of hydrogen-bond acceptors (Lipinski definition) is 3. The number of aromatic amines is 1. The van der Waals surface area contributed by atoms with Gasteiger partial charge in [-0.2, -0.15) is 0 Å². The molecule has 4 nitrogen and oxygen atoms in total. The Bertz CT molecular complexity index is 230. The highest BCUT2D eigenvalue weighted by molar-refractivity contribution is 5.30. The van der Waals surface area contributed by atoms with Crippen LogP contribution in [0.4, 0.5) is 5.95 Å². The maximum Gasteiger partial charge on any atom is 0.203 e. The Morgan fingerprint density at radius 1 is 1.50 bits per heavy atom. The number of nitrogens with zero attached hydrogens (tertiary/aromatic N) is 2. The smallest absolute Gasteiger partial charge is 0.203 e. The highest BCUT2D eigenvalue weighted by atomic mass is 16.3. The van der Waals surface area contributed by atoms with Crippen molar-refractivity contribution < 1.29 is 5.11 Å². The van der Waals surface area contributed by atoms with Gasteiger partial charge in [0.05, 0.1) is 18.5 Å². The molecule has 1 aromatic heterocycles. The summed E-state index contributed by atoms with van der Waals surface area (Å²) in [5.74, 6) is 0.837. The van der Waals surface area contributed by atoms with E-state index in [9.17, 15) is 0 Å². The molecule has 0 radical (unpaired) electrons. The number of aliphatic hydroxyl groups is 1. The van der Waals surface area contributed by atoms with Gasteiger partial charge in [-0.3, -0.25) is 0 Å². The Hall–Kier alpha value is -1.03. The topological polar surface area (TPSA) is 52.1 Å². The van der Waals surface area contributed by atoms with Gasteiger partial charge in [0.2, 0.25) is 5.95 Å². The Balaban J connectivity index is 2.72. The number of rotatable bonds is 4. The zero-order chi connectivity index (χ0) is 8.97. The minimum atomic E-state index is 0.0221. The van der Waals surface area contributed by atoms with Crippen LogP contribution in [0.5, 0.6) is 0 Å². The van der Waals surface area contributed by atoms with Crippen LogP contribution in [0.1, 0.15) is 19.5 Å². The highest BCUT2D eigenvalue weighted by Crippen LogP contribution is 2.07. The Kier molecular flexibility index (Phi) is 3.10. The molecule has 1 heterocycles. The molecule has 0 saturated heterocycles. The van der Waals surface area contributed by atoms with Gasteiger partial charge < -0.3 is 15.0 Å². The fourth-order valence-corrected chi connectivity index (χ4v) is 1.11. The van der Waals surface area contributed by atoms with Crippen molar-refractivity contribution in [2.45, 2.75) is 20.5 Å². The molecule has 0 unspecified atom stereocenters. The van der Waals surface area contributed by atoms with Gasteiger partial charge in [-0.25, -0.2) is 4.98 Å². The summed E-state index contributed by atoms with van der Waals surface area (Å²) in [6, 6.07) is 0. The Morgan fingerprint density at radius 2 is 2.17 bits per heavy atom. The Labute approximate surface area is 72.2 Å². The molecule has 0 saturated carbocycles. The second-order valence-electron chi connectivity index (χ2n) is 2.56. The molecular weight excluding hydrogens is 154 g/mol. The van der Waals surface area contributed by atoms with Gasteiger partial charge in [0, 0.05) is 13.1 Å². The third kappa shape index (κ3) is 1.76. The van der Waals surface area contributed by atoms with Crippen LogP contribution in [-0.2, 0) is 6.61 Å². The van der Waals surface area contributed by atoms with Gasteiger partial charge in [0.1, 0.15) is 0 Å². The van der Waals surface area contributed by atoms with Gasteiger partial charge >= 0.3 is 0 Å². The van der Waals surface area contributed by atoms with E-state index < -0.39 is 0 Å². The molecule has 0 aliphatic rings. The molecule has 2 N–H and O–H groups in total. The predicted octanol–water partition coefficient (Wildman–Crippen LogP) is 0.748. The van der Waals surface area contributed by atoms with Gasteiger partial charge in [-0.05, 0) is 13.8 Å². The third-order valence-corrected chi connectivity index (χ3v) is 1.85. The monoisotopic (exact) mass is 169 g/mol. The lowest BCUT2D eigenvalue weighted by atomic mass is 10.5. The minimum Gasteiger partial charge on any atom is -0.390 e. The van der Waals surface area contributed by atoms with E-state index in [1.54, 1.807) is 6.20 Å². The van der Waals surface area contributed by atoms with Crippen LogP contribution in [0.25, 0.3) is 0 Å². The molecule has 12 heavy (non-hydrogen) atoms. The van der Waals surface area contributed by atoms with Crippen LogP contribution in [0, 0.1) is 0 Å². The van der Waals surface area contributed by atoms with E-state index >= 15 is 0 Å².